The van der Waals surface area contributed by atoms with Crippen molar-refractivity contribution in [3.8, 4) is 0 Å². The Hall–Kier alpha value is -1.16. The highest BCUT2D eigenvalue weighted by Gasteiger charge is 2.14. The summed E-state index contributed by atoms with van der Waals surface area (Å²) in [7, 11) is 0. The second-order valence-corrected chi connectivity index (χ2v) is 8.82. The number of thioether (sulfide) groups is 1. The smallest absolute Gasteiger partial charge is 0.251 e. The van der Waals surface area contributed by atoms with Gasteiger partial charge in [0, 0.05) is 33.7 Å². The lowest BCUT2D eigenvalue weighted by Crippen LogP contribution is -2.25. The van der Waals surface area contributed by atoms with Gasteiger partial charge in [0.05, 0.1) is 0 Å². The molecule has 5 heteroatoms. The van der Waals surface area contributed by atoms with Crippen LogP contribution in [-0.4, -0.2) is 18.2 Å². The molecule has 0 saturated heterocycles. The van der Waals surface area contributed by atoms with E-state index in [2.05, 4.69) is 26.1 Å². The van der Waals surface area contributed by atoms with Gasteiger partial charge in [-0.1, -0.05) is 62.2 Å². The van der Waals surface area contributed by atoms with Gasteiger partial charge in [-0.3, -0.25) is 4.79 Å². The third-order valence-electron chi connectivity index (χ3n) is 3.82. The van der Waals surface area contributed by atoms with E-state index < -0.39 is 0 Å². The van der Waals surface area contributed by atoms with Crippen molar-refractivity contribution in [2.75, 3.05) is 12.3 Å². The van der Waals surface area contributed by atoms with Crippen molar-refractivity contribution in [3.05, 3.63) is 69.2 Å². The maximum Gasteiger partial charge on any atom is 0.251 e. The standard InChI is InChI=1S/C20H23Cl2NOS/c1-20(2,3)16-7-4-14(5-8-16)19(24)23-10-11-25-13-15-6-9-17(21)12-18(15)22/h4-9,12H,10-11,13H2,1-3H3,(H,23,24). The molecule has 0 radical (unpaired) electrons. The van der Waals surface area contributed by atoms with Crippen LogP contribution in [0.3, 0.4) is 0 Å². The van der Waals surface area contributed by atoms with Gasteiger partial charge in [-0.25, -0.2) is 0 Å². The van der Waals surface area contributed by atoms with Crippen molar-refractivity contribution in [1.82, 2.24) is 5.32 Å². The van der Waals surface area contributed by atoms with Gasteiger partial charge in [0.15, 0.2) is 0 Å². The van der Waals surface area contributed by atoms with Crippen LogP contribution in [0, 0.1) is 0 Å². The molecule has 0 unspecified atom stereocenters. The number of hydrogen-bond acceptors (Lipinski definition) is 2. The molecular weight excluding hydrogens is 373 g/mol. The highest BCUT2D eigenvalue weighted by molar-refractivity contribution is 7.98. The van der Waals surface area contributed by atoms with E-state index >= 15 is 0 Å². The monoisotopic (exact) mass is 395 g/mol. The summed E-state index contributed by atoms with van der Waals surface area (Å²) < 4.78 is 0. The molecule has 0 spiro atoms. The van der Waals surface area contributed by atoms with Crippen LogP contribution in [0.1, 0.15) is 42.3 Å². The van der Waals surface area contributed by atoms with Crippen LogP contribution < -0.4 is 5.32 Å². The van der Waals surface area contributed by atoms with Gasteiger partial charge >= 0.3 is 0 Å². The molecule has 2 aromatic carbocycles. The van der Waals surface area contributed by atoms with Crippen LogP contribution >= 0.6 is 35.0 Å². The summed E-state index contributed by atoms with van der Waals surface area (Å²) in [5.41, 5.74) is 3.06. The van der Waals surface area contributed by atoms with E-state index in [4.69, 9.17) is 23.2 Å². The topological polar surface area (TPSA) is 29.1 Å². The first-order chi connectivity index (χ1) is 11.8. The number of carbonyl (C=O) groups excluding carboxylic acids is 1. The van der Waals surface area contributed by atoms with E-state index in [1.165, 1.54) is 5.56 Å². The van der Waals surface area contributed by atoms with Gasteiger partial charge in [0.25, 0.3) is 5.91 Å². The largest absolute Gasteiger partial charge is 0.351 e. The van der Waals surface area contributed by atoms with E-state index in [1.807, 2.05) is 36.4 Å². The Morgan fingerprint density at radius 3 is 2.36 bits per heavy atom. The molecule has 2 aromatic rings. The minimum absolute atomic E-state index is 0.0365. The summed E-state index contributed by atoms with van der Waals surface area (Å²) >= 11 is 13.8. The van der Waals surface area contributed by atoms with Crippen LogP contribution in [0.15, 0.2) is 42.5 Å². The van der Waals surface area contributed by atoms with Crippen molar-refractivity contribution in [3.63, 3.8) is 0 Å². The molecule has 0 heterocycles. The second-order valence-electron chi connectivity index (χ2n) is 6.87. The highest BCUT2D eigenvalue weighted by atomic mass is 35.5. The SMILES string of the molecule is CC(C)(C)c1ccc(C(=O)NCCSCc2ccc(Cl)cc2Cl)cc1. The quantitative estimate of drug-likeness (QED) is 0.611. The van der Waals surface area contributed by atoms with E-state index in [0.717, 1.165) is 17.1 Å². The summed E-state index contributed by atoms with van der Waals surface area (Å²) in [6.45, 7) is 7.10. The molecule has 0 aromatic heterocycles. The molecule has 0 atom stereocenters. The lowest BCUT2D eigenvalue weighted by molar-refractivity contribution is 0.0956. The van der Waals surface area contributed by atoms with Gasteiger partial charge in [0.2, 0.25) is 0 Å². The molecule has 0 saturated carbocycles. The maximum absolute atomic E-state index is 12.2. The van der Waals surface area contributed by atoms with Crippen LogP contribution in [-0.2, 0) is 11.2 Å². The van der Waals surface area contributed by atoms with Crippen molar-refractivity contribution in [1.29, 1.82) is 0 Å². The van der Waals surface area contributed by atoms with Crippen molar-refractivity contribution < 1.29 is 4.79 Å². The summed E-state index contributed by atoms with van der Waals surface area (Å²) in [6, 6.07) is 13.3. The van der Waals surface area contributed by atoms with E-state index in [9.17, 15) is 4.79 Å². The molecule has 2 rings (SSSR count). The van der Waals surface area contributed by atoms with Gasteiger partial charge in [-0.05, 0) is 40.8 Å². The maximum atomic E-state index is 12.2. The van der Waals surface area contributed by atoms with Crippen LogP contribution in [0.2, 0.25) is 10.0 Å². The van der Waals surface area contributed by atoms with Crippen LogP contribution in [0.5, 0.6) is 0 Å². The fourth-order valence-electron chi connectivity index (χ4n) is 2.28. The second kappa shape index (κ2) is 8.98. The molecule has 0 aliphatic heterocycles. The Bertz CT molecular complexity index is 723. The summed E-state index contributed by atoms with van der Waals surface area (Å²) in [4.78, 5) is 12.2. The summed E-state index contributed by atoms with van der Waals surface area (Å²) in [6.07, 6.45) is 0. The minimum Gasteiger partial charge on any atom is -0.351 e. The van der Waals surface area contributed by atoms with Gasteiger partial charge < -0.3 is 5.32 Å². The average molecular weight is 396 g/mol. The number of nitrogens with one attached hydrogen (secondary N) is 1. The molecule has 0 aliphatic carbocycles. The van der Waals surface area contributed by atoms with E-state index in [0.29, 0.717) is 22.2 Å². The molecule has 0 fully saturated rings. The Morgan fingerprint density at radius 1 is 1.08 bits per heavy atom. The molecule has 25 heavy (non-hydrogen) atoms. The van der Waals surface area contributed by atoms with Crippen molar-refractivity contribution in [2.24, 2.45) is 0 Å². The zero-order chi connectivity index (χ0) is 18.4. The van der Waals surface area contributed by atoms with Crippen molar-refractivity contribution in [2.45, 2.75) is 31.9 Å². The molecule has 0 bridgehead atoms. The fraction of sp³-hybridized carbons (Fsp3) is 0.350. The lowest BCUT2D eigenvalue weighted by atomic mass is 9.87. The number of carbonyl (C=O) groups is 1. The van der Waals surface area contributed by atoms with Gasteiger partial charge in [0.1, 0.15) is 0 Å². The molecule has 0 aliphatic rings. The molecule has 134 valence electrons. The predicted molar refractivity (Wildman–Crippen MR) is 110 cm³/mol. The Morgan fingerprint density at radius 2 is 1.76 bits per heavy atom. The third-order valence-corrected chi connectivity index (χ3v) is 5.41. The number of amides is 1. The normalized spacial score (nSPS) is 11.4. The van der Waals surface area contributed by atoms with Gasteiger partial charge in [-0.15, -0.1) is 0 Å². The van der Waals surface area contributed by atoms with Crippen LogP contribution in [0.4, 0.5) is 0 Å². The Balaban J connectivity index is 1.75. The predicted octanol–water partition coefficient (Wildman–Crippen LogP) is 5.95. The Labute approximate surface area is 164 Å². The first kappa shape index (κ1) is 20.2. The highest BCUT2D eigenvalue weighted by Crippen LogP contribution is 2.24. The van der Waals surface area contributed by atoms with Crippen molar-refractivity contribution >= 4 is 40.9 Å². The number of halogens is 2. The number of rotatable bonds is 6. The first-order valence-corrected chi connectivity index (χ1v) is 10.1. The van der Waals surface area contributed by atoms with E-state index in [-0.39, 0.29) is 11.3 Å². The molecule has 1 amide bonds. The fourth-order valence-corrected chi connectivity index (χ4v) is 3.70. The summed E-state index contributed by atoms with van der Waals surface area (Å²) in [5.74, 6) is 1.59. The number of benzene rings is 2. The average Bonchev–Trinajstić information content (AvgIpc) is 2.55. The third kappa shape index (κ3) is 6.25. The van der Waals surface area contributed by atoms with Crippen LogP contribution in [0.25, 0.3) is 0 Å². The van der Waals surface area contributed by atoms with Gasteiger partial charge in [-0.2, -0.15) is 11.8 Å². The number of hydrogen-bond donors (Lipinski definition) is 1. The Kier molecular flexibility index (Phi) is 7.24. The zero-order valence-electron chi connectivity index (χ0n) is 14.7. The van der Waals surface area contributed by atoms with E-state index in [1.54, 1.807) is 17.8 Å². The molecule has 1 N–H and O–H groups in total. The zero-order valence-corrected chi connectivity index (χ0v) is 17.1. The summed E-state index contributed by atoms with van der Waals surface area (Å²) in [5, 5.41) is 4.28. The molecule has 2 nitrogen and oxygen atoms in total. The minimum atomic E-state index is -0.0365. The lowest BCUT2D eigenvalue weighted by Gasteiger charge is -2.19. The first-order valence-electron chi connectivity index (χ1n) is 8.18. The molecular formula is C20H23Cl2NOS.